The van der Waals surface area contributed by atoms with Gasteiger partial charge in [-0.2, -0.15) is 0 Å². The number of likely N-dealkylation sites (tertiary alicyclic amines) is 1. The Labute approximate surface area is 157 Å². The highest BCUT2D eigenvalue weighted by Crippen LogP contribution is 2.33. The number of carbonyl (C=O) groups is 3. The van der Waals surface area contributed by atoms with Crippen LogP contribution in [0.1, 0.15) is 40.4 Å². The summed E-state index contributed by atoms with van der Waals surface area (Å²) >= 11 is 0. The van der Waals surface area contributed by atoms with Gasteiger partial charge in [-0.05, 0) is 36.1 Å². The SMILES string of the molecule is O=C1CNC(=O)N1Cc1cccc(C(=O)N2CCC[C@H]2c2ccccc2)c1. The number of benzene rings is 2. The van der Waals surface area contributed by atoms with Gasteiger partial charge in [0.1, 0.15) is 0 Å². The third-order valence-corrected chi connectivity index (χ3v) is 5.15. The zero-order chi connectivity index (χ0) is 18.8. The Morgan fingerprint density at radius 3 is 2.63 bits per heavy atom. The quantitative estimate of drug-likeness (QED) is 0.849. The molecule has 1 N–H and O–H groups in total. The second kappa shape index (κ2) is 7.23. The smallest absolute Gasteiger partial charge is 0.324 e. The maximum Gasteiger partial charge on any atom is 0.324 e. The van der Waals surface area contributed by atoms with Gasteiger partial charge in [-0.25, -0.2) is 4.79 Å². The van der Waals surface area contributed by atoms with E-state index in [0.29, 0.717) is 5.56 Å². The van der Waals surface area contributed by atoms with Crippen molar-refractivity contribution >= 4 is 17.8 Å². The van der Waals surface area contributed by atoms with Crippen LogP contribution >= 0.6 is 0 Å². The summed E-state index contributed by atoms with van der Waals surface area (Å²) in [6.45, 7) is 0.938. The Morgan fingerprint density at radius 2 is 1.89 bits per heavy atom. The average molecular weight is 363 g/mol. The predicted molar refractivity (Wildman–Crippen MR) is 99.8 cm³/mol. The summed E-state index contributed by atoms with van der Waals surface area (Å²) in [5, 5.41) is 2.51. The maximum atomic E-state index is 13.1. The van der Waals surface area contributed by atoms with E-state index in [0.717, 1.165) is 30.5 Å². The fraction of sp³-hybridized carbons (Fsp3) is 0.286. The Bertz CT molecular complexity index is 865. The highest BCUT2D eigenvalue weighted by molar-refractivity contribution is 6.02. The molecule has 0 radical (unpaired) electrons. The van der Waals surface area contributed by atoms with Crippen LogP contribution in [0.15, 0.2) is 54.6 Å². The zero-order valence-electron chi connectivity index (χ0n) is 14.9. The molecule has 0 aliphatic carbocycles. The number of hydrogen-bond donors (Lipinski definition) is 1. The van der Waals surface area contributed by atoms with Crippen molar-refractivity contribution in [2.75, 3.05) is 13.1 Å². The van der Waals surface area contributed by atoms with Gasteiger partial charge in [-0.1, -0.05) is 42.5 Å². The topological polar surface area (TPSA) is 69.7 Å². The lowest BCUT2D eigenvalue weighted by Gasteiger charge is -2.25. The van der Waals surface area contributed by atoms with Gasteiger partial charge in [0.25, 0.3) is 5.91 Å². The lowest BCUT2D eigenvalue weighted by Crippen LogP contribution is -2.31. The van der Waals surface area contributed by atoms with E-state index in [1.165, 1.54) is 4.90 Å². The molecule has 0 unspecified atom stereocenters. The Balaban J connectivity index is 1.54. The number of nitrogens with one attached hydrogen (secondary N) is 1. The van der Waals surface area contributed by atoms with Crippen molar-refractivity contribution in [3.63, 3.8) is 0 Å². The minimum atomic E-state index is -0.389. The molecule has 2 heterocycles. The van der Waals surface area contributed by atoms with E-state index in [1.807, 2.05) is 29.2 Å². The molecule has 6 heteroatoms. The number of rotatable bonds is 4. The van der Waals surface area contributed by atoms with Gasteiger partial charge in [0.05, 0.1) is 19.1 Å². The summed E-state index contributed by atoms with van der Waals surface area (Å²) in [7, 11) is 0. The van der Waals surface area contributed by atoms with Crippen LogP contribution < -0.4 is 5.32 Å². The van der Waals surface area contributed by atoms with Gasteiger partial charge in [0.15, 0.2) is 0 Å². The van der Waals surface area contributed by atoms with Gasteiger partial charge in [0, 0.05) is 12.1 Å². The second-order valence-electron chi connectivity index (χ2n) is 6.91. The maximum absolute atomic E-state index is 13.1. The molecular weight excluding hydrogens is 342 g/mol. The molecular formula is C21H21N3O3. The number of amides is 4. The van der Waals surface area contributed by atoms with E-state index in [1.54, 1.807) is 18.2 Å². The van der Waals surface area contributed by atoms with Gasteiger partial charge >= 0.3 is 6.03 Å². The van der Waals surface area contributed by atoms with Crippen molar-refractivity contribution in [2.45, 2.75) is 25.4 Å². The van der Waals surface area contributed by atoms with E-state index in [2.05, 4.69) is 17.4 Å². The van der Waals surface area contributed by atoms with Crippen LogP contribution in [-0.2, 0) is 11.3 Å². The van der Waals surface area contributed by atoms with Crippen molar-refractivity contribution in [3.8, 4) is 0 Å². The Kier molecular flexibility index (Phi) is 4.62. The van der Waals surface area contributed by atoms with E-state index in [9.17, 15) is 14.4 Å². The van der Waals surface area contributed by atoms with Gasteiger partial charge in [-0.3, -0.25) is 14.5 Å². The van der Waals surface area contributed by atoms with Crippen LogP contribution in [-0.4, -0.2) is 40.7 Å². The molecule has 0 spiro atoms. The summed E-state index contributed by atoms with van der Waals surface area (Å²) in [5.74, 6) is -0.263. The van der Waals surface area contributed by atoms with E-state index in [-0.39, 0.29) is 37.0 Å². The van der Waals surface area contributed by atoms with Crippen LogP contribution in [0.3, 0.4) is 0 Å². The number of nitrogens with zero attached hydrogens (tertiary/aromatic N) is 2. The molecule has 0 bridgehead atoms. The van der Waals surface area contributed by atoms with Crippen LogP contribution in [0.25, 0.3) is 0 Å². The first-order valence-corrected chi connectivity index (χ1v) is 9.16. The lowest BCUT2D eigenvalue weighted by atomic mass is 10.0. The van der Waals surface area contributed by atoms with Crippen molar-refractivity contribution in [1.29, 1.82) is 0 Å². The van der Waals surface area contributed by atoms with Gasteiger partial charge < -0.3 is 10.2 Å². The zero-order valence-corrected chi connectivity index (χ0v) is 14.9. The molecule has 4 rings (SSSR count). The standard InChI is InChI=1S/C21H21N3O3/c25-19-13-22-21(27)24(19)14-15-6-4-9-17(12-15)20(26)23-11-5-10-18(23)16-7-2-1-3-8-16/h1-4,6-9,12,18H,5,10-11,13-14H2,(H,22,27)/t18-/m0/s1. The molecule has 1 atom stereocenters. The molecule has 2 aromatic rings. The largest absolute Gasteiger partial charge is 0.332 e. The minimum Gasteiger partial charge on any atom is -0.332 e. The molecule has 138 valence electrons. The van der Waals surface area contributed by atoms with Crippen LogP contribution in [0, 0.1) is 0 Å². The van der Waals surface area contributed by atoms with Crippen LogP contribution in [0.2, 0.25) is 0 Å². The Morgan fingerprint density at radius 1 is 1.07 bits per heavy atom. The molecule has 2 fully saturated rings. The van der Waals surface area contributed by atoms with Gasteiger partial charge in [0.2, 0.25) is 5.91 Å². The minimum absolute atomic E-state index is 0.0135. The number of imide groups is 1. The van der Waals surface area contributed by atoms with Crippen molar-refractivity contribution in [3.05, 3.63) is 71.3 Å². The van der Waals surface area contributed by atoms with Gasteiger partial charge in [-0.15, -0.1) is 0 Å². The summed E-state index contributed by atoms with van der Waals surface area (Å²) in [6.07, 6.45) is 1.94. The third-order valence-electron chi connectivity index (χ3n) is 5.15. The van der Waals surface area contributed by atoms with E-state index < -0.39 is 0 Å². The van der Waals surface area contributed by atoms with Crippen molar-refractivity contribution in [1.82, 2.24) is 15.1 Å². The highest BCUT2D eigenvalue weighted by atomic mass is 16.2. The first-order valence-electron chi connectivity index (χ1n) is 9.16. The summed E-state index contributed by atoms with van der Waals surface area (Å²) < 4.78 is 0. The molecule has 4 amide bonds. The normalized spacial score (nSPS) is 19.5. The first kappa shape index (κ1) is 17.3. The molecule has 0 saturated carbocycles. The molecule has 2 aliphatic rings. The molecule has 2 aliphatic heterocycles. The summed E-state index contributed by atoms with van der Waals surface area (Å²) in [4.78, 5) is 39.7. The third kappa shape index (κ3) is 3.43. The fourth-order valence-corrected chi connectivity index (χ4v) is 3.80. The average Bonchev–Trinajstić information content (AvgIpc) is 3.31. The molecule has 0 aromatic heterocycles. The monoisotopic (exact) mass is 363 g/mol. The molecule has 27 heavy (non-hydrogen) atoms. The number of carbonyl (C=O) groups excluding carboxylic acids is 3. The fourth-order valence-electron chi connectivity index (χ4n) is 3.80. The molecule has 6 nitrogen and oxygen atoms in total. The molecule has 2 saturated heterocycles. The molecule has 2 aromatic carbocycles. The number of hydrogen-bond acceptors (Lipinski definition) is 3. The van der Waals surface area contributed by atoms with E-state index in [4.69, 9.17) is 0 Å². The highest BCUT2D eigenvalue weighted by Gasteiger charge is 2.31. The Hall–Kier alpha value is -3.15. The lowest BCUT2D eigenvalue weighted by molar-refractivity contribution is -0.125. The van der Waals surface area contributed by atoms with Crippen LogP contribution in [0.4, 0.5) is 4.79 Å². The predicted octanol–water partition coefficient (Wildman–Crippen LogP) is 2.72. The summed E-state index contributed by atoms with van der Waals surface area (Å²) in [5.41, 5.74) is 2.50. The second-order valence-corrected chi connectivity index (χ2v) is 6.91. The van der Waals surface area contributed by atoms with Crippen LogP contribution in [0.5, 0.6) is 0 Å². The first-order chi connectivity index (χ1) is 13.1. The van der Waals surface area contributed by atoms with E-state index >= 15 is 0 Å². The van der Waals surface area contributed by atoms with Crippen molar-refractivity contribution in [2.24, 2.45) is 0 Å². The summed E-state index contributed by atoms with van der Waals surface area (Å²) in [6, 6.07) is 17.0. The number of urea groups is 1. The van der Waals surface area contributed by atoms with Crippen molar-refractivity contribution < 1.29 is 14.4 Å².